The highest BCUT2D eigenvalue weighted by molar-refractivity contribution is 8.00. The smallest absolute Gasteiger partial charge is 0.226 e. The van der Waals surface area contributed by atoms with E-state index in [1.165, 1.54) is 18.6 Å². The molecule has 0 spiro atoms. The molecular weight excluding hydrogens is 248 g/mol. The third-order valence-corrected chi connectivity index (χ3v) is 4.43. The van der Waals surface area contributed by atoms with E-state index in [1.807, 2.05) is 18.8 Å². The molecule has 1 aliphatic heterocycles. The van der Waals surface area contributed by atoms with Crippen molar-refractivity contribution in [2.45, 2.75) is 18.1 Å². The summed E-state index contributed by atoms with van der Waals surface area (Å²) < 4.78 is 0. The number of hydrogen-bond donors (Lipinski definition) is 3. The first-order valence-corrected chi connectivity index (χ1v) is 7.16. The summed E-state index contributed by atoms with van der Waals surface area (Å²) in [5.41, 5.74) is 1.56. The topological polar surface area (TPSA) is 78.5 Å². The zero-order valence-electron chi connectivity index (χ0n) is 10.2. The van der Waals surface area contributed by atoms with Crippen molar-refractivity contribution in [3.05, 3.63) is 6.33 Å². The monoisotopic (exact) mass is 264 g/mol. The van der Waals surface area contributed by atoms with E-state index in [4.69, 9.17) is 0 Å². The fourth-order valence-corrected chi connectivity index (χ4v) is 3.29. The third kappa shape index (κ3) is 2.22. The SMILES string of the molecule is CNc1nc(NCC2CCCS2)c2[nH]cnc2n1. The number of anilines is 2. The molecule has 0 amide bonds. The minimum atomic E-state index is 0.594. The fraction of sp³-hybridized carbons (Fsp3) is 0.545. The number of hydrogen-bond acceptors (Lipinski definition) is 6. The van der Waals surface area contributed by atoms with Gasteiger partial charge in [0, 0.05) is 18.8 Å². The van der Waals surface area contributed by atoms with Gasteiger partial charge < -0.3 is 15.6 Å². The summed E-state index contributed by atoms with van der Waals surface area (Å²) in [6, 6.07) is 0. The molecule has 1 atom stereocenters. The maximum Gasteiger partial charge on any atom is 0.226 e. The fourth-order valence-electron chi connectivity index (χ4n) is 2.09. The zero-order valence-corrected chi connectivity index (χ0v) is 11.0. The maximum absolute atomic E-state index is 4.44. The molecule has 3 rings (SSSR count). The molecule has 0 bridgehead atoms. The van der Waals surface area contributed by atoms with Gasteiger partial charge in [-0.05, 0) is 18.6 Å². The Bertz CT molecular complexity index is 533. The molecule has 2 aromatic rings. The Morgan fingerprint density at radius 2 is 2.44 bits per heavy atom. The predicted molar refractivity (Wildman–Crippen MR) is 75.2 cm³/mol. The van der Waals surface area contributed by atoms with Crippen molar-refractivity contribution in [1.29, 1.82) is 0 Å². The van der Waals surface area contributed by atoms with Crippen molar-refractivity contribution in [2.75, 3.05) is 30.0 Å². The molecule has 0 aromatic carbocycles. The number of nitrogens with one attached hydrogen (secondary N) is 3. The largest absolute Gasteiger partial charge is 0.367 e. The van der Waals surface area contributed by atoms with Crippen LogP contribution in [0.1, 0.15) is 12.8 Å². The molecule has 0 aliphatic carbocycles. The van der Waals surface area contributed by atoms with E-state index < -0.39 is 0 Å². The van der Waals surface area contributed by atoms with E-state index in [1.54, 1.807) is 6.33 Å². The summed E-state index contributed by atoms with van der Waals surface area (Å²) in [7, 11) is 1.81. The molecule has 3 heterocycles. The second-order valence-corrected chi connectivity index (χ2v) is 5.67. The molecule has 3 N–H and O–H groups in total. The summed E-state index contributed by atoms with van der Waals surface area (Å²) in [5, 5.41) is 7.05. The first-order chi connectivity index (χ1) is 8.86. The molecule has 1 unspecified atom stereocenters. The standard InChI is InChI=1S/C11H16N6S/c1-12-11-16-9(8-10(17-11)15-6-14-8)13-5-7-3-2-4-18-7/h6-7H,2-5H2,1H3,(H3,12,13,14,15,16,17). The molecule has 96 valence electrons. The van der Waals surface area contributed by atoms with Crippen molar-refractivity contribution < 1.29 is 0 Å². The Balaban J connectivity index is 1.82. The summed E-state index contributed by atoms with van der Waals surface area (Å²) in [6.07, 6.45) is 4.25. The van der Waals surface area contributed by atoms with Crippen LogP contribution in [0.4, 0.5) is 11.8 Å². The summed E-state index contributed by atoms with van der Waals surface area (Å²) in [6.45, 7) is 0.943. The van der Waals surface area contributed by atoms with Gasteiger partial charge in [0.05, 0.1) is 6.33 Å². The highest BCUT2D eigenvalue weighted by atomic mass is 32.2. The number of thioether (sulfide) groups is 1. The van der Waals surface area contributed by atoms with Gasteiger partial charge in [-0.1, -0.05) is 0 Å². The van der Waals surface area contributed by atoms with Gasteiger partial charge in [-0.25, -0.2) is 4.98 Å². The molecule has 2 aromatic heterocycles. The number of imidazole rings is 1. The van der Waals surface area contributed by atoms with Crippen LogP contribution in [0.5, 0.6) is 0 Å². The molecule has 0 radical (unpaired) electrons. The van der Waals surface area contributed by atoms with Crippen LogP contribution < -0.4 is 10.6 Å². The van der Waals surface area contributed by atoms with E-state index in [2.05, 4.69) is 30.6 Å². The van der Waals surface area contributed by atoms with Crippen molar-refractivity contribution >= 4 is 34.7 Å². The number of H-pyrrole nitrogens is 1. The summed E-state index contributed by atoms with van der Waals surface area (Å²) in [5.74, 6) is 2.70. The van der Waals surface area contributed by atoms with E-state index in [0.717, 1.165) is 17.9 Å². The van der Waals surface area contributed by atoms with Gasteiger partial charge in [0.25, 0.3) is 0 Å². The van der Waals surface area contributed by atoms with E-state index >= 15 is 0 Å². The van der Waals surface area contributed by atoms with Gasteiger partial charge in [-0.2, -0.15) is 21.7 Å². The number of aromatic nitrogens is 4. The van der Waals surface area contributed by atoms with E-state index in [-0.39, 0.29) is 0 Å². The van der Waals surface area contributed by atoms with Crippen molar-refractivity contribution in [3.8, 4) is 0 Å². The lowest BCUT2D eigenvalue weighted by Crippen LogP contribution is -2.15. The molecule has 7 heteroatoms. The second-order valence-electron chi connectivity index (χ2n) is 4.26. The van der Waals surface area contributed by atoms with Crippen LogP contribution in [-0.2, 0) is 0 Å². The van der Waals surface area contributed by atoms with Crippen LogP contribution in [0.3, 0.4) is 0 Å². The van der Waals surface area contributed by atoms with Crippen LogP contribution in [0.15, 0.2) is 6.33 Å². The maximum atomic E-state index is 4.44. The number of nitrogens with zero attached hydrogens (tertiary/aromatic N) is 3. The molecule has 6 nitrogen and oxygen atoms in total. The first kappa shape index (κ1) is 11.6. The Morgan fingerprint density at radius 3 is 3.22 bits per heavy atom. The number of aromatic amines is 1. The van der Waals surface area contributed by atoms with Crippen molar-refractivity contribution in [2.24, 2.45) is 0 Å². The van der Waals surface area contributed by atoms with Crippen molar-refractivity contribution in [1.82, 2.24) is 19.9 Å². The van der Waals surface area contributed by atoms with Gasteiger partial charge in [0.2, 0.25) is 5.95 Å². The zero-order chi connectivity index (χ0) is 12.4. The van der Waals surface area contributed by atoms with Crippen LogP contribution >= 0.6 is 11.8 Å². The predicted octanol–water partition coefficient (Wildman–Crippen LogP) is 1.70. The molecular formula is C11H16N6S. The average Bonchev–Trinajstić information content (AvgIpc) is 3.06. The average molecular weight is 264 g/mol. The Kier molecular flexibility index (Phi) is 3.22. The Hall–Kier alpha value is -1.50. The minimum absolute atomic E-state index is 0.594. The number of fused-ring (bicyclic) bond motifs is 1. The summed E-state index contributed by atoms with van der Waals surface area (Å²) >= 11 is 2.03. The van der Waals surface area contributed by atoms with Gasteiger partial charge in [0.15, 0.2) is 11.5 Å². The van der Waals surface area contributed by atoms with Crippen LogP contribution in [0.25, 0.3) is 11.2 Å². The Morgan fingerprint density at radius 1 is 1.50 bits per heavy atom. The lowest BCUT2D eigenvalue weighted by molar-refractivity contribution is 0.804. The van der Waals surface area contributed by atoms with Crippen LogP contribution in [0.2, 0.25) is 0 Å². The lowest BCUT2D eigenvalue weighted by Gasteiger charge is -2.11. The molecule has 0 saturated carbocycles. The van der Waals surface area contributed by atoms with Gasteiger partial charge in [-0.3, -0.25) is 0 Å². The van der Waals surface area contributed by atoms with Crippen LogP contribution in [-0.4, -0.2) is 44.5 Å². The molecule has 1 aliphatic rings. The van der Waals surface area contributed by atoms with Gasteiger partial charge in [-0.15, -0.1) is 0 Å². The molecule has 1 fully saturated rings. The van der Waals surface area contributed by atoms with Crippen LogP contribution in [0, 0.1) is 0 Å². The Labute approximate surface area is 109 Å². The summed E-state index contributed by atoms with van der Waals surface area (Å²) in [4.78, 5) is 16.0. The number of rotatable bonds is 4. The van der Waals surface area contributed by atoms with E-state index in [9.17, 15) is 0 Å². The van der Waals surface area contributed by atoms with E-state index in [0.29, 0.717) is 16.8 Å². The highest BCUT2D eigenvalue weighted by Gasteiger charge is 2.16. The van der Waals surface area contributed by atoms with Gasteiger partial charge >= 0.3 is 0 Å². The lowest BCUT2D eigenvalue weighted by atomic mass is 10.2. The third-order valence-electron chi connectivity index (χ3n) is 3.03. The highest BCUT2D eigenvalue weighted by Crippen LogP contribution is 2.27. The molecule has 18 heavy (non-hydrogen) atoms. The van der Waals surface area contributed by atoms with Gasteiger partial charge in [0.1, 0.15) is 5.52 Å². The normalized spacial score (nSPS) is 19.3. The minimum Gasteiger partial charge on any atom is -0.367 e. The first-order valence-electron chi connectivity index (χ1n) is 6.11. The van der Waals surface area contributed by atoms with Crippen molar-refractivity contribution in [3.63, 3.8) is 0 Å². The second kappa shape index (κ2) is 5.01. The molecule has 1 saturated heterocycles. The quantitative estimate of drug-likeness (QED) is 0.780.